The SMILES string of the molecule is CC(C)c1cccc(C(C)C)c1[N+]1=CN(c2ccccc2Sc2ccccc2)CC1. The van der Waals surface area contributed by atoms with Gasteiger partial charge in [0.2, 0.25) is 6.34 Å². The third kappa shape index (κ3) is 4.32. The first kappa shape index (κ1) is 20.7. The van der Waals surface area contributed by atoms with Crippen LogP contribution in [0.2, 0.25) is 0 Å². The van der Waals surface area contributed by atoms with Crippen molar-refractivity contribution in [1.29, 1.82) is 0 Å². The van der Waals surface area contributed by atoms with Gasteiger partial charge in [0.15, 0.2) is 0 Å². The van der Waals surface area contributed by atoms with Crippen molar-refractivity contribution >= 4 is 29.5 Å². The van der Waals surface area contributed by atoms with Crippen LogP contribution in [0.5, 0.6) is 0 Å². The van der Waals surface area contributed by atoms with E-state index in [0.717, 1.165) is 13.1 Å². The summed E-state index contributed by atoms with van der Waals surface area (Å²) in [5.74, 6) is 1.00. The molecule has 0 aliphatic carbocycles. The van der Waals surface area contributed by atoms with Crippen molar-refractivity contribution < 1.29 is 4.58 Å². The van der Waals surface area contributed by atoms with E-state index in [2.05, 4.69) is 116 Å². The smallest absolute Gasteiger partial charge is 0.229 e. The Morgan fingerprint density at radius 2 is 1.40 bits per heavy atom. The molecule has 4 rings (SSSR count). The Morgan fingerprint density at radius 1 is 0.767 bits per heavy atom. The second kappa shape index (κ2) is 9.09. The van der Waals surface area contributed by atoms with E-state index in [-0.39, 0.29) is 0 Å². The fraction of sp³-hybridized carbons (Fsp3) is 0.296. The van der Waals surface area contributed by atoms with E-state index in [0.29, 0.717) is 11.8 Å². The molecule has 3 heteroatoms. The Balaban J connectivity index is 1.71. The Labute approximate surface area is 185 Å². The third-order valence-corrected chi connectivity index (χ3v) is 6.71. The van der Waals surface area contributed by atoms with Crippen molar-refractivity contribution in [2.75, 3.05) is 18.0 Å². The molecule has 1 heterocycles. The quantitative estimate of drug-likeness (QED) is 0.390. The molecular formula is C27H31N2S+. The van der Waals surface area contributed by atoms with Crippen LogP contribution in [0, 0.1) is 0 Å². The van der Waals surface area contributed by atoms with Gasteiger partial charge in [-0.3, -0.25) is 0 Å². The molecule has 3 aromatic carbocycles. The van der Waals surface area contributed by atoms with Crippen molar-refractivity contribution in [2.45, 2.75) is 49.3 Å². The number of nitrogens with zero attached hydrogens (tertiary/aromatic N) is 2. The first-order chi connectivity index (χ1) is 14.5. The standard InChI is InChI=1S/C27H31N2S/c1-20(2)23-13-10-14-24(21(3)4)27(23)29-18-17-28(19-29)25-15-8-9-16-26(25)30-22-11-6-5-7-12-22/h5-16,19-21H,17-18H2,1-4H3/q+1. The minimum atomic E-state index is 0.502. The molecular weight excluding hydrogens is 384 g/mol. The maximum Gasteiger partial charge on any atom is 0.244 e. The van der Waals surface area contributed by atoms with Crippen LogP contribution in [0.25, 0.3) is 0 Å². The summed E-state index contributed by atoms with van der Waals surface area (Å²) < 4.78 is 2.47. The van der Waals surface area contributed by atoms with Crippen molar-refractivity contribution in [3.8, 4) is 0 Å². The van der Waals surface area contributed by atoms with Gasteiger partial charge in [0, 0.05) is 16.0 Å². The summed E-state index contributed by atoms with van der Waals surface area (Å²) in [6.45, 7) is 11.2. The molecule has 0 atom stereocenters. The van der Waals surface area contributed by atoms with E-state index in [1.165, 1.54) is 32.3 Å². The molecule has 1 aliphatic rings. The zero-order valence-electron chi connectivity index (χ0n) is 18.4. The number of para-hydroxylation sites is 2. The lowest BCUT2D eigenvalue weighted by Crippen LogP contribution is -2.18. The molecule has 2 nitrogen and oxygen atoms in total. The lowest BCUT2D eigenvalue weighted by atomic mass is 9.92. The van der Waals surface area contributed by atoms with E-state index in [9.17, 15) is 0 Å². The number of benzene rings is 3. The summed E-state index contributed by atoms with van der Waals surface area (Å²) in [6.07, 6.45) is 2.32. The number of hydrogen-bond donors (Lipinski definition) is 0. The summed E-state index contributed by atoms with van der Waals surface area (Å²) in [6, 6.07) is 26.2. The van der Waals surface area contributed by atoms with Gasteiger partial charge in [0.05, 0.1) is 4.90 Å². The normalized spacial score (nSPS) is 13.9. The minimum Gasteiger partial charge on any atom is -0.229 e. The highest BCUT2D eigenvalue weighted by molar-refractivity contribution is 7.99. The fourth-order valence-corrected chi connectivity index (χ4v) is 5.07. The molecule has 0 radical (unpaired) electrons. The number of rotatable bonds is 6. The van der Waals surface area contributed by atoms with Gasteiger partial charge in [-0.2, -0.15) is 0 Å². The van der Waals surface area contributed by atoms with Crippen LogP contribution in [-0.2, 0) is 0 Å². The van der Waals surface area contributed by atoms with Gasteiger partial charge >= 0.3 is 0 Å². The Morgan fingerprint density at radius 3 is 2.07 bits per heavy atom. The topological polar surface area (TPSA) is 6.25 Å². The second-order valence-corrected chi connectivity index (χ2v) is 9.59. The van der Waals surface area contributed by atoms with Crippen molar-refractivity contribution in [3.63, 3.8) is 0 Å². The van der Waals surface area contributed by atoms with Crippen molar-refractivity contribution in [3.05, 3.63) is 83.9 Å². The summed E-state index contributed by atoms with van der Waals surface area (Å²) in [7, 11) is 0. The molecule has 0 bridgehead atoms. The molecule has 30 heavy (non-hydrogen) atoms. The Bertz CT molecular complexity index is 1010. The van der Waals surface area contributed by atoms with Gasteiger partial charge in [-0.25, -0.2) is 9.48 Å². The van der Waals surface area contributed by atoms with Gasteiger partial charge in [0.1, 0.15) is 24.5 Å². The molecule has 3 aromatic rings. The van der Waals surface area contributed by atoms with Gasteiger partial charge in [0.25, 0.3) is 0 Å². The van der Waals surface area contributed by atoms with Crippen molar-refractivity contribution in [1.82, 2.24) is 0 Å². The Hall–Kier alpha value is -2.52. The van der Waals surface area contributed by atoms with Gasteiger partial charge < -0.3 is 0 Å². The maximum atomic E-state index is 2.47. The minimum absolute atomic E-state index is 0.502. The van der Waals surface area contributed by atoms with Crippen LogP contribution in [0.1, 0.15) is 50.7 Å². The lowest BCUT2D eigenvalue weighted by molar-refractivity contribution is -0.425. The van der Waals surface area contributed by atoms with E-state index < -0.39 is 0 Å². The summed E-state index contributed by atoms with van der Waals surface area (Å²) in [5.41, 5.74) is 5.55. The molecule has 0 aromatic heterocycles. The fourth-order valence-electron chi connectivity index (χ4n) is 4.09. The van der Waals surface area contributed by atoms with Crippen LogP contribution in [-0.4, -0.2) is 24.0 Å². The van der Waals surface area contributed by atoms with Crippen LogP contribution < -0.4 is 4.90 Å². The van der Waals surface area contributed by atoms with Crippen LogP contribution in [0.3, 0.4) is 0 Å². The van der Waals surface area contributed by atoms with Gasteiger partial charge in [-0.05, 0) is 36.1 Å². The number of hydrogen-bond acceptors (Lipinski definition) is 2. The van der Waals surface area contributed by atoms with E-state index in [1.807, 2.05) is 11.8 Å². The molecule has 154 valence electrons. The zero-order valence-corrected chi connectivity index (χ0v) is 19.2. The third-order valence-electron chi connectivity index (χ3n) is 5.64. The first-order valence-electron chi connectivity index (χ1n) is 10.9. The van der Waals surface area contributed by atoms with E-state index in [4.69, 9.17) is 0 Å². The van der Waals surface area contributed by atoms with Crippen LogP contribution in [0.15, 0.2) is 82.6 Å². The first-order valence-corrected chi connectivity index (χ1v) is 11.7. The van der Waals surface area contributed by atoms with Gasteiger partial charge in [-0.15, -0.1) is 0 Å². The maximum absolute atomic E-state index is 2.47. The van der Waals surface area contributed by atoms with E-state index >= 15 is 0 Å². The molecule has 0 fully saturated rings. The molecule has 0 amide bonds. The predicted molar refractivity (Wildman–Crippen MR) is 130 cm³/mol. The summed E-state index contributed by atoms with van der Waals surface area (Å²) in [5, 5.41) is 0. The van der Waals surface area contributed by atoms with Gasteiger partial charge in [-0.1, -0.05) is 88.0 Å². The lowest BCUT2D eigenvalue weighted by Gasteiger charge is -2.17. The highest BCUT2D eigenvalue weighted by Crippen LogP contribution is 2.38. The monoisotopic (exact) mass is 415 g/mol. The average molecular weight is 416 g/mol. The van der Waals surface area contributed by atoms with E-state index in [1.54, 1.807) is 0 Å². The van der Waals surface area contributed by atoms with Crippen LogP contribution in [0.4, 0.5) is 11.4 Å². The summed E-state index contributed by atoms with van der Waals surface area (Å²) in [4.78, 5) is 4.98. The zero-order chi connectivity index (χ0) is 21.1. The molecule has 0 unspecified atom stereocenters. The molecule has 1 aliphatic heterocycles. The Kier molecular flexibility index (Phi) is 6.29. The summed E-state index contributed by atoms with van der Waals surface area (Å²) >= 11 is 1.83. The molecule has 0 saturated heterocycles. The molecule has 0 saturated carbocycles. The largest absolute Gasteiger partial charge is 0.244 e. The second-order valence-electron chi connectivity index (χ2n) is 8.48. The number of anilines is 1. The molecule has 0 spiro atoms. The molecule has 0 N–H and O–H groups in total. The van der Waals surface area contributed by atoms with Crippen LogP contribution >= 0.6 is 11.8 Å². The van der Waals surface area contributed by atoms with Crippen molar-refractivity contribution in [2.24, 2.45) is 0 Å². The highest BCUT2D eigenvalue weighted by Gasteiger charge is 2.28. The average Bonchev–Trinajstić information content (AvgIpc) is 3.24. The predicted octanol–water partition coefficient (Wildman–Crippen LogP) is 7.28. The highest BCUT2D eigenvalue weighted by atomic mass is 32.2.